The molecule has 3 fully saturated rings. The molecule has 0 radical (unpaired) electrons. The second kappa shape index (κ2) is 7.18. The molecule has 0 aromatic heterocycles. The lowest BCUT2D eigenvalue weighted by Crippen LogP contribution is -2.51. The second-order valence-corrected chi connectivity index (χ2v) is 10.3. The van der Waals surface area contributed by atoms with Gasteiger partial charge in [-0.05, 0) is 75.0 Å². The van der Waals surface area contributed by atoms with Gasteiger partial charge in [0.15, 0.2) is 0 Å². The Labute approximate surface area is 169 Å². The van der Waals surface area contributed by atoms with E-state index in [1.807, 2.05) is 13.8 Å². The van der Waals surface area contributed by atoms with Crippen LogP contribution in [0.5, 0.6) is 0 Å². The highest BCUT2D eigenvalue weighted by Crippen LogP contribution is 2.65. The van der Waals surface area contributed by atoms with Gasteiger partial charge in [-0.2, -0.15) is 0 Å². The number of hydrogen-bond donors (Lipinski definition) is 0. The fourth-order valence-electron chi connectivity index (χ4n) is 7.01. The summed E-state index contributed by atoms with van der Waals surface area (Å²) >= 11 is 0. The monoisotopic (exact) mass is 388 g/mol. The number of ether oxygens (including phenoxy) is 2. The lowest BCUT2D eigenvalue weighted by molar-refractivity contribution is -0.123. The fraction of sp³-hybridized carbons (Fsp3) is 0.833. The first-order valence-corrected chi connectivity index (χ1v) is 11.4. The van der Waals surface area contributed by atoms with Crippen molar-refractivity contribution >= 4 is 11.9 Å². The molecular weight excluding hydrogens is 352 g/mol. The van der Waals surface area contributed by atoms with E-state index in [9.17, 15) is 9.59 Å². The minimum Gasteiger partial charge on any atom is -0.431 e. The summed E-state index contributed by atoms with van der Waals surface area (Å²) in [5, 5.41) is 0. The summed E-state index contributed by atoms with van der Waals surface area (Å²) in [4.78, 5) is 24.2. The van der Waals surface area contributed by atoms with Crippen LogP contribution in [0.15, 0.2) is 11.6 Å². The van der Waals surface area contributed by atoms with Crippen molar-refractivity contribution in [2.75, 3.05) is 0 Å². The van der Waals surface area contributed by atoms with E-state index in [2.05, 4.69) is 19.9 Å². The van der Waals surface area contributed by atoms with Crippen LogP contribution in [0.4, 0.5) is 4.79 Å². The molecule has 0 heterocycles. The summed E-state index contributed by atoms with van der Waals surface area (Å²) in [5.74, 6) is 2.33. The molecule has 0 N–H and O–H groups in total. The van der Waals surface area contributed by atoms with Crippen LogP contribution in [0.2, 0.25) is 0 Å². The summed E-state index contributed by atoms with van der Waals surface area (Å²) in [6.07, 6.45) is 10.5. The van der Waals surface area contributed by atoms with Crippen LogP contribution in [-0.2, 0) is 14.3 Å². The third-order valence-electron chi connectivity index (χ3n) is 8.96. The van der Waals surface area contributed by atoms with E-state index in [-0.39, 0.29) is 23.0 Å². The van der Waals surface area contributed by atoms with Crippen molar-refractivity contribution in [1.29, 1.82) is 0 Å². The average Bonchev–Trinajstić information content (AvgIpc) is 2.98. The normalized spacial score (nSPS) is 43.3. The van der Waals surface area contributed by atoms with Gasteiger partial charge in [-0.3, -0.25) is 4.79 Å². The van der Waals surface area contributed by atoms with Gasteiger partial charge in [0.1, 0.15) is 18.0 Å². The summed E-state index contributed by atoms with van der Waals surface area (Å²) in [6, 6.07) is 0. The molecule has 4 aliphatic carbocycles. The number of hydrogen-bond acceptors (Lipinski definition) is 4. The Bertz CT molecular complexity index is 682. The van der Waals surface area contributed by atoms with Crippen molar-refractivity contribution in [1.82, 2.24) is 0 Å². The zero-order valence-corrected chi connectivity index (χ0v) is 18.0. The third kappa shape index (κ3) is 3.11. The molecule has 4 nitrogen and oxygen atoms in total. The summed E-state index contributed by atoms with van der Waals surface area (Å²) in [5.41, 5.74) is 1.67. The molecule has 28 heavy (non-hydrogen) atoms. The van der Waals surface area contributed by atoms with Gasteiger partial charge in [0.25, 0.3) is 0 Å². The number of fused-ring (bicyclic) bond motifs is 5. The van der Waals surface area contributed by atoms with Crippen molar-refractivity contribution in [2.24, 2.45) is 28.6 Å². The van der Waals surface area contributed by atoms with Crippen molar-refractivity contribution in [3.05, 3.63) is 11.6 Å². The van der Waals surface area contributed by atoms with Gasteiger partial charge in [0.2, 0.25) is 0 Å². The van der Waals surface area contributed by atoms with Gasteiger partial charge in [0, 0.05) is 18.3 Å². The number of ketones is 1. The van der Waals surface area contributed by atoms with Crippen LogP contribution >= 0.6 is 0 Å². The predicted molar refractivity (Wildman–Crippen MR) is 108 cm³/mol. The SMILES string of the molecule is CCC(C)OC(=O)OC1CCC2C3CC=C4CC(=O)CCC4(C)C3CCC12C. The molecule has 4 aliphatic rings. The lowest BCUT2D eigenvalue weighted by atomic mass is 9.48. The Morgan fingerprint density at radius 3 is 2.75 bits per heavy atom. The van der Waals surface area contributed by atoms with E-state index < -0.39 is 6.16 Å². The van der Waals surface area contributed by atoms with Crippen LogP contribution in [0.3, 0.4) is 0 Å². The second-order valence-electron chi connectivity index (χ2n) is 10.3. The topological polar surface area (TPSA) is 52.6 Å². The molecule has 0 aliphatic heterocycles. The van der Waals surface area contributed by atoms with Crippen molar-refractivity contribution < 1.29 is 19.1 Å². The zero-order valence-electron chi connectivity index (χ0n) is 18.0. The van der Waals surface area contributed by atoms with E-state index >= 15 is 0 Å². The van der Waals surface area contributed by atoms with Crippen LogP contribution < -0.4 is 0 Å². The van der Waals surface area contributed by atoms with Gasteiger partial charge >= 0.3 is 6.16 Å². The molecule has 7 unspecified atom stereocenters. The number of rotatable bonds is 3. The van der Waals surface area contributed by atoms with Gasteiger partial charge in [-0.15, -0.1) is 0 Å². The molecule has 0 bridgehead atoms. The first kappa shape index (κ1) is 20.0. The Morgan fingerprint density at radius 1 is 1.21 bits per heavy atom. The maximum absolute atomic E-state index is 12.3. The molecule has 4 rings (SSSR count). The van der Waals surface area contributed by atoms with Crippen LogP contribution in [-0.4, -0.2) is 24.1 Å². The molecule has 3 saturated carbocycles. The molecule has 156 valence electrons. The number of Topliss-reactive ketones (excluding diaryl/α,β-unsaturated/α-hetero) is 1. The molecular formula is C24H36O4. The quantitative estimate of drug-likeness (QED) is 0.450. The first-order valence-electron chi connectivity index (χ1n) is 11.4. The van der Waals surface area contributed by atoms with Crippen molar-refractivity contribution in [2.45, 2.75) is 97.7 Å². The Kier molecular flexibility index (Phi) is 5.12. The van der Waals surface area contributed by atoms with Gasteiger partial charge in [0.05, 0.1) is 0 Å². The standard InChI is InChI=1S/C24H36O4/c1-5-15(2)27-22(26)28-21-9-8-19-18-7-6-16-14-17(25)10-12-23(16,3)20(18)11-13-24(19,21)4/h6,15,18-21H,5,7-14H2,1-4H3. The highest BCUT2D eigenvalue weighted by atomic mass is 16.7. The first-order chi connectivity index (χ1) is 13.3. The lowest BCUT2D eigenvalue weighted by Gasteiger charge is -2.57. The van der Waals surface area contributed by atoms with E-state index in [4.69, 9.17) is 9.47 Å². The highest BCUT2D eigenvalue weighted by Gasteiger charge is 2.59. The zero-order chi connectivity index (χ0) is 20.1. The Balaban J connectivity index is 1.51. The van der Waals surface area contributed by atoms with E-state index in [0.717, 1.165) is 44.9 Å². The predicted octanol–water partition coefficient (Wildman–Crippen LogP) is 5.84. The highest BCUT2D eigenvalue weighted by molar-refractivity contribution is 5.82. The van der Waals surface area contributed by atoms with Gasteiger partial charge in [-0.1, -0.05) is 32.4 Å². The number of carbonyl (C=O) groups is 2. The summed E-state index contributed by atoms with van der Waals surface area (Å²) < 4.78 is 11.2. The summed E-state index contributed by atoms with van der Waals surface area (Å²) in [6.45, 7) is 8.68. The molecule has 4 heteroatoms. The minimum atomic E-state index is -0.494. The Morgan fingerprint density at radius 2 is 2.00 bits per heavy atom. The molecule has 0 spiro atoms. The smallest absolute Gasteiger partial charge is 0.431 e. The van der Waals surface area contributed by atoms with E-state index in [1.165, 1.54) is 12.0 Å². The maximum atomic E-state index is 12.3. The van der Waals surface area contributed by atoms with Crippen molar-refractivity contribution in [3.8, 4) is 0 Å². The molecule has 0 saturated heterocycles. The molecule has 0 aromatic carbocycles. The van der Waals surface area contributed by atoms with E-state index in [0.29, 0.717) is 30.0 Å². The van der Waals surface area contributed by atoms with Crippen LogP contribution in [0.25, 0.3) is 0 Å². The molecule has 0 amide bonds. The molecule has 7 atom stereocenters. The number of allylic oxidation sites excluding steroid dienone is 2. The van der Waals surface area contributed by atoms with Crippen LogP contribution in [0, 0.1) is 28.6 Å². The van der Waals surface area contributed by atoms with Crippen LogP contribution in [0.1, 0.15) is 85.5 Å². The maximum Gasteiger partial charge on any atom is 0.508 e. The fourth-order valence-corrected chi connectivity index (χ4v) is 7.01. The van der Waals surface area contributed by atoms with Gasteiger partial charge < -0.3 is 9.47 Å². The average molecular weight is 389 g/mol. The largest absolute Gasteiger partial charge is 0.508 e. The summed E-state index contributed by atoms with van der Waals surface area (Å²) in [7, 11) is 0. The van der Waals surface area contributed by atoms with Gasteiger partial charge in [-0.25, -0.2) is 4.79 Å². The Hall–Kier alpha value is -1.32. The number of carbonyl (C=O) groups excluding carboxylic acids is 2. The third-order valence-corrected chi connectivity index (χ3v) is 8.96. The van der Waals surface area contributed by atoms with E-state index in [1.54, 1.807) is 0 Å². The molecule has 0 aromatic rings. The van der Waals surface area contributed by atoms with Crippen molar-refractivity contribution in [3.63, 3.8) is 0 Å². The minimum absolute atomic E-state index is 0.0267.